The lowest BCUT2D eigenvalue weighted by Gasteiger charge is -2.23. The average molecular weight is 236 g/mol. The van der Waals surface area contributed by atoms with Crippen LogP contribution in [0.3, 0.4) is 0 Å². The highest BCUT2D eigenvalue weighted by atomic mass is 16.3. The highest BCUT2D eigenvalue weighted by Crippen LogP contribution is 2.17. The predicted octanol–water partition coefficient (Wildman–Crippen LogP) is -0.0155. The van der Waals surface area contributed by atoms with Crippen molar-refractivity contribution in [2.75, 3.05) is 26.7 Å². The molecule has 3 atom stereocenters. The SMILES string of the molecule is CN[C@@H](CN1CC(O)C(O)C1)c1ccccc1. The fraction of sp³-hybridized carbons (Fsp3) is 0.538. The van der Waals surface area contributed by atoms with Gasteiger partial charge in [0.25, 0.3) is 0 Å². The molecule has 1 heterocycles. The molecule has 94 valence electrons. The van der Waals surface area contributed by atoms with Crippen molar-refractivity contribution in [3.63, 3.8) is 0 Å². The van der Waals surface area contributed by atoms with Crippen LogP contribution in [0.1, 0.15) is 11.6 Å². The maximum absolute atomic E-state index is 9.51. The molecular weight excluding hydrogens is 216 g/mol. The number of nitrogens with one attached hydrogen (secondary N) is 1. The van der Waals surface area contributed by atoms with E-state index in [1.165, 1.54) is 5.56 Å². The Hall–Kier alpha value is -0.940. The van der Waals surface area contributed by atoms with Gasteiger partial charge in [-0.05, 0) is 12.6 Å². The van der Waals surface area contributed by atoms with Crippen molar-refractivity contribution in [3.05, 3.63) is 35.9 Å². The van der Waals surface area contributed by atoms with Crippen LogP contribution in [-0.4, -0.2) is 54.0 Å². The van der Waals surface area contributed by atoms with E-state index in [0.29, 0.717) is 13.1 Å². The molecule has 0 aromatic heterocycles. The van der Waals surface area contributed by atoms with Crippen molar-refractivity contribution in [1.82, 2.24) is 10.2 Å². The van der Waals surface area contributed by atoms with E-state index in [1.807, 2.05) is 25.2 Å². The van der Waals surface area contributed by atoms with Gasteiger partial charge in [-0.2, -0.15) is 0 Å². The van der Waals surface area contributed by atoms with Gasteiger partial charge in [-0.15, -0.1) is 0 Å². The second kappa shape index (κ2) is 5.60. The number of hydrogen-bond donors (Lipinski definition) is 3. The third-order valence-electron chi connectivity index (χ3n) is 3.33. The molecule has 0 amide bonds. The first-order valence-electron chi connectivity index (χ1n) is 6.01. The Morgan fingerprint density at radius 3 is 2.35 bits per heavy atom. The molecule has 0 spiro atoms. The first kappa shape index (κ1) is 12.5. The number of nitrogens with zero attached hydrogens (tertiary/aromatic N) is 1. The summed E-state index contributed by atoms with van der Waals surface area (Å²) in [6.45, 7) is 1.90. The topological polar surface area (TPSA) is 55.7 Å². The van der Waals surface area contributed by atoms with Crippen molar-refractivity contribution in [3.8, 4) is 0 Å². The molecule has 2 rings (SSSR count). The Balaban J connectivity index is 1.97. The van der Waals surface area contributed by atoms with Gasteiger partial charge in [-0.1, -0.05) is 30.3 Å². The van der Waals surface area contributed by atoms with E-state index in [2.05, 4.69) is 22.3 Å². The zero-order chi connectivity index (χ0) is 12.3. The summed E-state index contributed by atoms with van der Waals surface area (Å²) < 4.78 is 0. The Kier molecular flexibility index (Phi) is 4.12. The van der Waals surface area contributed by atoms with Gasteiger partial charge in [0.15, 0.2) is 0 Å². The van der Waals surface area contributed by atoms with Crippen LogP contribution in [0.15, 0.2) is 30.3 Å². The number of β-amino-alcohol motifs (C(OH)–C–C–N with tert-alkyl or cyclic N) is 2. The molecule has 0 radical (unpaired) electrons. The Morgan fingerprint density at radius 1 is 1.24 bits per heavy atom. The van der Waals surface area contributed by atoms with Crippen molar-refractivity contribution < 1.29 is 10.2 Å². The van der Waals surface area contributed by atoms with Crippen LogP contribution < -0.4 is 5.32 Å². The number of likely N-dealkylation sites (N-methyl/N-ethyl adjacent to an activating group) is 1. The summed E-state index contributed by atoms with van der Waals surface area (Å²) >= 11 is 0. The van der Waals surface area contributed by atoms with E-state index in [4.69, 9.17) is 0 Å². The lowest BCUT2D eigenvalue weighted by molar-refractivity contribution is 0.0572. The third-order valence-corrected chi connectivity index (χ3v) is 3.33. The highest BCUT2D eigenvalue weighted by molar-refractivity contribution is 5.19. The molecule has 3 N–H and O–H groups in total. The van der Waals surface area contributed by atoms with E-state index in [1.54, 1.807) is 0 Å². The van der Waals surface area contributed by atoms with Crippen molar-refractivity contribution in [2.24, 2.45) is 0 Å². The molecule has 1 aliphatic rings. The summed E-state index contributed by atoms with van der Waals surface area (Å²) in [5.41, 5.74) is 1.23. The molecule has 1 aromatic carbocycles. The molecule has 1 aliphatic heterocycles. The van der Waals surface area contributed by atoms with Gasteiger partial charge in [-0.3, -0.25) is 4.90 Å². The van der Waals surface area contributed by atoms with E-state index in [-0.39, 0.29) is 6.04 Å². The molecule has 1 fully saturated rings. The van der Waals surface area contributed by atoms with E-state index < -0.39 is 12.2 Å². The average Bonchev–Trinajstić information content (AvgIpc) is 2.67. The van der Waals surface area contributed by atoms with Gasteiger partial charge in [0, 0.05) is 25.7 Å². The molecule has 0 aliphatic carbocycles. The van der Waals surface area contributed by atoms with Crippen LogP contribution in [0.25, 0.3) is 0 Å². The monoisotopic (exact) mass is 236 g/mol. The third kappa shape index (κ3) is 3.04. The van der Waals surface area contributed by atoms with Crippen molar-refractivity contribution in [1.29, 1.82) is 0 Å². The molecular formula is C13H20N2O2. The second-order valence-corrected chi connectivity index (χ2v) is 4.61. The smallest absolute Gasteiger partial charge is 0.0938 e. The van der Waals surface area contributed by atoms with Crippen LogP contribution in [0.2, 0.25) is 0 Å². The summed E-state index contributed by atoms with van der Waals surface area (Å²) in [5.74, 6) is 0. The van der Waals surface area contributed by atoms with Crippen LogP contribution in [0, 0.1) is 0 Å². The molecule has 0 saturated carbocycles. The summed E-state index contributed by atoms with van der Waals surface area (Å²) in [7, 11) is 1.93. The van der Waals surface area contributed by atoms with Gasteiger partial charge in [-0.25, -0.2) is 0 Å². The standard InChI is InChI=1S/C13H20N2O2/c1-14-11(10-5-3-2-4-6-10)7-15-8-12(16)13(17)9-15/h2-6,11-14,16-17H,7-9H2,1H3/t11-,12?,13?/m0/s1. The second-order valence-electron chi connectivity index (χ2n) is 4.61. The Morgan fingerprint density at radius 2 is 1.82 bits per heavy atom. The number of rotatable bonds is 4. The van der Waals surface area contributed by atoms with Gasteiger partial charge >= 0.3 is 0 Å². The quantitative estimate of drug-likeness (QED) is 0.688. The van der Waals surface area contributed by atoms with Crippen molar-refractivity contribution >= 4 is 0 Å². The molecule has 1 saturated heterocycles. The van der Waals surface area contributed by atoms with Gasteiger partial charge in [0.2, 0.25) is 0 Å². The first-order valence-corrected chi connectivity index (χ1v) is 6.01. The minimum Gasteiger partial charge on any atom is -0.389 e. The van der Waals surface area contributed by atoms with Crippen LogP contribution in [0.4, 0.5) is 0 Å². The molecule has 4 nitrogen and oxygen atoms in total. The summed E-state index contributed by atoms with van der Waals surface area (Å²) in [4.78, 5) is 2.09. The minimum atomic E-state index is -0.608. The maximum atomic E-state index is 9.51. The van der Waals surface area contributed by atoms with Gasteiger partial charge < -0.3 is 15.5 Å². The number of hydrogen-bond acceptors (Lipinski definition) is 4. The van der Waals surface area contributed by atoms with E-state index in [9.17, 15) is 10.2 Å². The Bertz CT molecular complexity index is 335. The molecule has 4 heteroatoms. The Labute approximate surface area is 102 Å². The summed E-state index contributed by atoms with van der Waals surface area (Å²) in [5, 5.41) is 22.3. The number of likely N-dealkylation sites (tertiary alicyclic amines) is 1. The predicted molar refractivity (Wildman–Crippen MR) is 66.7 cm³/mol. The molecule has 2 unspecified atom stereocenters. The lowest BCUT2D eigenvalue weighted by Crippen LogP contribution is -2.33. The van der Waals surface area contributed by atoms with Gasteiger partial charge in [0.05, 0.1) is 12.2 Å². The molecule has 17 heavy (non-hydrogen) atoms. The maximum Gasteiger partial charge on any atom is 0.0938 e. The van der Waals surface area contributed by atoms with E-state index >= 15 is 0 Å². The highest BCUT2D eigenvalue weighted by Gasteiger charge is 2.30. The van der Waals surface area contributed by atoms with Crippen LogP contribution in [-0.2, 0) is 0 Å². The van der Waals surface area contributed by atoms with Gasteiger partial charge in [0.1, 0.15) is 0 Å². The molecule has 1 aromatic rings. The minimum absolute atomic E-state index is 0.230. The van der Waals surface area contributed by atoms with Crippen LogP contribution >= 0.6 is 0 Å². The number of aliphatic hydroxyl groups excluding tert-OH is 2. The zero-order valence-electron chi connectivity index (χ0n) is 10.1. The largest absolute Gasteiger partial charge is 0.389 e. The fourth-order valence-electron chi connectivity index (χ4n) is 2.30. The zero-order valence-corrected chi connectivity index (χ0v) is 10.1. The summed E-state index contributed by atoms with van der Waals surface area (Å²) in [6.07, 6.45) is -1.22. The first-order chi connectivity index (χ1) is 8.20. The summed E-state index contributed by atoms with van der Waals surface area (Å²) in [6, 6.07) is 10.4. The normalized spacial score (nSPS) is 27.2. The lowest BCUT2D eigenvalue weighted by atomic mass is 10.1. The van der Waals surface area contributed by atoms with E-state index in [0.717, 1.165) is 6.54 Å². The molecule has 0 bridgehead atoms. The van der Waals surface area contributed by atoms with Crippen molar-refractivity contribution in [2.45, 2.75) is 18.2 Å². The van der Waals surface area contributed by atoms with Crippen LogP contribution in [0.5, 0.6) is 0 Å². The fourth-order valence-corrected chi connectivity index (χ4v) is 2.30. The number of aliphatic hydroxyl groups is 2. The number of benzene rings is 1.